The molecule has 2 N–H and O–H groups in total. The van der Waals surface area contributed by atoms with Gasteiger partial charge in [-0.1, -0.05) is 44.2 Å². The molecular formula is C12H22Cl2N2. The van der Waals surface area contributed by atoms with Gasteiger partial charge < -0.3 is 5.73 Å². The van der Waals surface area contributed by atoms with Crippen LogP contribution in [0.5, 0.6) is 0 Å². The summed E-state index contributed by atoms with van der Waals surface area (Å²) in [6.45, 7) is 7.14. The number of benzene rings is 1. The lowest BCUT2D eigenvalue weighted by molar-refractivity contribution is 0.224. The summed E-state index contributed by atoms with van der Waals surface area (Å²) >= 11 is 0. The molecule has 1 aromatic carbocycles. The molecular weight excluding hydrogens is 243 g/mol. The number of hydrogen-bond donors (Lipinski definition) is 1. The first-order chi connectivity index (χ1) is 6.83. The van der Waals surface area contributed by atoms with Crippen molar-refractivity contribution >= 4 is 24.8 Å². The van der Waals surface area contributed by atoms with Crippen molar-refractivity contribution in [1.29, 1.82) is 0 Å². The van der Waals surface area contributed by atoms with Crippen LogP contribution in [-0.2, 0) is 0 Å². The van der Waals surface area contributed by atoms with Crippen LogP contribution in [0.1, 0.15) is 25.5 Å². The minimum atomic E-state index is 0. The summed E-state index contributed by atoms with van der Waals surface area (Å²) in [7, 11) is 0. The van der Waals surface area contributed by atoms with E-state index in [1.54, 1.807) is 0 Å². The Balaban J connectivity index is 0. The van der Waals surface area contributed by atoms with Gasteiger partial charge in [-0.3, -0.25) is 4.90 Å². The molecule has 0 fully saturated rings. The fourth-order valence-corrected chi connectivity index (χ4v) is 1.84. The predicted molar refractivity (Wildman–Crippen MR) is 75.7 cm³/mol. The third-order valence-corrected chi connectivity index (χ3v) is 2.66. The number of rotatable bonds is 5. The summed E-state index contributed by atoms with van der Waals surface area (Å²) in [4.78, 5) is 2.38. The Morgan fingerprint density at radius 1 is 1.06 bits per heavy atom. The molecule has 0 bridgehead atoms. The SMILES string of the molecule is CCN(CC)C(CN)c1ccccc1.Cl.Cl. The van der Waals surface area contributed by atoms with E-state index in [2.05, 4.69) is 43.0 Å². The first-order valence-corrected chi connectivity index (χ1v) is 5.32. The fourth-order valence-electron chi connectivity index (χ4n) is 1.84. The van der Waals surface area contributed by atoms with Gasteiger partial charge in [0, 0.05) is 12.6 Å². The normalized spacial score (nSPS) is 11.5. The highest BCUT2D eigenvalue weighted by Crippen LogP contribution is 2.18. The summed E-state index contributed by atoms with van der Waals surface area (Å²) in [6.07, 6.45) is 0. The van der Waals surface area contributed by atoms with E-state index in [0.29, 0.717) is 12.6 Å². The second-order valence-corrected chi connectivity index (χ2v) is 3.38. The van der Waals surface area contributed by atoms with Crippen LogP contribution in [0.2, 0.25) is 0 Å². The largest absolute Gasteiger partial charge is 0.329 e. The average Bonchev–Trinajstić information content (AvgIpc) is 2.27. The van der Waals surface area contributed by atoms with Gasteiger partial charge >= 0.3 is 0 Å². The number of likely N-dealkylation sites (N-methyl/N-ethyl adjacent to an activating group) is 1. The number of nitrogens with two attached hydrogens (primary N) is 1. The molecule has 1 rings (SSSR count). The molecule has 1 aromatic rings. The van der Waals surface area contributed by atoms with Crippen LogP contribution in [-0.4, -0.2) is 24.5 Å². The molecule has 0 saturated carbocycles. The molecule has 1 atom stereocenters. The van der Waals surface area contributed by atoms with Crippen molar-refractivity contribution in [2.75, 3.05) is 19.6 Å². The van der Waals surface area contributed by atoms with Crippen molar-refractivity contribution in [2.24, 2.45) is 5.73 Å². The van der Waals surface area contributed by atoms with Gasteiger partial charge in [-0.2, -0.15) is 0 Å². The maximum absolute atomic E-state index is 5.82. The highest BCUT2D eigenvalue weighted by Gasteiger charge is 2.14. The van der Waals surface area contributed by atoms with E-state index in [9.17, 15) is 0 Å². The molecule has 0 heterocycles. The van der Waals surface area contributed by atoms with Crippen LogP contribution in [0.15, 0.2) is 30.3 Å². The number of hydrogen-bond acceptors (Lipinski definition) is 2. The van der Waals surface area contributed by atoms with Gasteiger partial charge in [0.15, 0.2) is 0 Å². The summed E-state index contributed by atoms with van der Waals surface area (Å²) < 4.78 is 0. The Labute approximate surface area is 111 Å². The van der Waals surface area contributed by atoms with Gasteiger partial charge in [-0.05, 0) is 18.7 Å². The number of nitrogens with zero attached hydrogens (tertiary/aromatic N) is 1. The lowest BCUT2D eigenvalue weighted by Gasteiger charge is -2.28. The molecule has 0 aliphatic carbocycles. The maximum atomic E-state index is 5.82. The summed E-state index contributed by atoms with van der Waals surface area (Å²) in [5.74, 6) is 0. The minimum absolute atomic E-state index is 0. The molecule has 2 nitrogen and oxygen atoms in total. The molecule has 1 unspecified atom stereocenters. The smallest absolute Gasteiger partial charge is 0.0470 e. The highest BCUT2D eigenvalue weighted by molar-refractivity contribution is 5.85. The van der Waals surface area contributed by atoms with Crippen molar-refractivity contribution in [3.05, 3.63) is 35.9 Å². The van der Waals surface area contributed by atoms with Crippen molar-refractivity contribution in [3.63, 3.8) is 0 Å². The van der Waals surface area contributed by atoms with Gasteiger partial charge in [0.05, 0.1) is 0 Å². The van der Waals surface area contributed by atoms with Crippen molar-refractivity contribution in [2.45, 2.75) is 19.9 Å². The van der Waals surface area contributed by atoms with Gasteiger partial charge in [-0.15, -0.1) is 24.8 Å². The monoisotopic (exact) mass is 264 g/mol. The van der Waals surface area contributed by atoms with Gasteiger partial charge in [-0.25, -0.2) is 0 Å². The first-order valence-electron chi connectivity index (χ1n) is 5.32. The van der Waals surface area contributed by atoms with E-state index in [4.69, 9.17) is 5.73 Å². The fraction of sp³-hybridized carbons (Fsp3) is 0.500. The first kappa shape index (κ1) is 18.1. The lowest BCUT2D eigenvalue weighted by atomic mass is 10.1. The second kappa shape index (κ2) is 9.91. The molecule has 94 valence electrons. The summed E-state index contributed by atoms with van der Waals surface area (Å²) in [5.41, 5.74) is 7.13. The average molecular weight is 265 g/mol. The Morgan fingerprint density at radius 3 is 1.94 bits per heavy atom. The molecule has 0 aliphatic heterocycles. The molecule has 0 spiro atoms. The highest BCUT2D eigenvalue weighted by atomic mass is 35.5. The quantitative estimate of drug-likeness (QED) is 0.887. The van der Waals surface area contributed by atoms with E-state index in [1.807, 2.05) is 6.07 Å². The van der Waals surface area contributed by atoms with Gasteiger partial charge in [0.1, 0.15) is 0 Å². The lowest BCUT2D eigenvalue weighted by Crippen LogP contribution is -2.33. The molecule has 0 saturated heterocycles. The van der Waals surface area contributed by atoms with E-state index >= 15 is 0 Å². The van der Waals surface area contributed by atoms with Crippen LogP contribution in [0, 0.1) is 0 Å². The predicted octanol–water partition coefficient (Wildman–Crippen LogP) is 2.87. The van der Waals surface area contributed by atoms with Gasteiger partial charge in [0.25, 0.3) is 0 Å². The zero-order valence-electron chi connectivity index (χ0n) is 9.93. The molecule has 0 aromatic heterocycles. The molecule has 0 aliphatic rings. The van der Waals surface area contributed by atoms with E-state index < -0.39 is 0 Å². The van der Waals surface area contributed by atoms with Gasteiger partial charge in [0.2, 0.25) is 0 Å². The van der Waals surface area contributed by atoms with Crippen LogP contribution < -0.4 is 5.73 Å². The van der Waals surface area contributed by atoms with Crippen molar-refractivity contribution < 1.29 is 0 Å². The van der Waals surface area contributed by atoms with Crippen LogP contribution in [0.4, 0.5) is 0 Å². The van der Waals surface area contributed by atoms with E-state index in [1.165, 1.54) is 5.56 Å². The topological polar surface area (TPSA) is 29.3 Å². The molecule has 0 radical (unpaired) electrons. The van der Waals surface area contributed by atoms with Crippen LogP contribution >= 0.6 is 24.8 Å². The van der Waals surface area contributed by atoms with Crippen LogP contribution in [0.25, 0.3) is 0 Å². The summed E-state index contributed by atoms with van der Waals surface area (Å²) in [5, 5.41) is 0. The Hall–Kier alpha value is -0.280. The molecule has 0 amide bonds. The van der Waals surface area contributed by atoms with E-state index in [-0.39, 0.29) is 24.8 Å². The summed E-state index contributed by atoms with van der Waals surface area (Å²) in [6, 6.07) is 10.8. The Bertz CT molecular complexity index is 250. The zero-order valence-corrected chi connectivity index (χ0v) is 11.6. The van der Waals surface area contributed by atoms with Crippen molar-refractivity contribution in [1.82, 2.24) is 4.90 Å². The third kappa shape index (κ3) is 4.71. The van der Waals surface area contributed by atoms with Crippen LogP contribution in [0.3, 0.4) is 0 Å². The second-order valence-electron chi connectivity index (χ2n) is 3.38. The molecule has 16 heavy (non-hydrogen) atoms. The standard InChI is InChI=1S/C12H20N2.2ClH/c1-3-14(4-2)12(10-13)11-8-6-5-7-9-11;;/h5-9,12H,3-4,10,13H2,1-2H3;2*1H. The van der Waals surface area contributed by atoms with Crippen molar-refractivity contribution in [3.8, 4) is 0 Å². The zero-order chi connectivity index (χ0) is 10.4. The Kier molecular flexibility index (Phi) is 11.2. The maximum Gasteiger partial charge on any atom is 0.0470 e. The minimum Gasteiger partial charge on any atom is -0.329 e. The third-order valence-electron chi connectivity index (χ3n) is 2.66. The molecule has 4 heteroatoms. The number of halogens is 2. The Morgan fingerprint density at radius 2 is 1.56 bits per heavy atom. The van der Waals surface area contributed by atoms with E-state index in [0.717, 1.165) is 13.1 Å².